The SMILES string of the molecule is CCN(CC)C(=O)Cn1cc(/C=C2\CC[n+]3ccccc32)c2ccccc21.Cl. The van der Waals surface area contributed by atoms with Crippen LogP contribution in [-0.2, 0) is 17.9 Å². The molecule has 28 heavy (non-hydrogen) atoms. The third-order valence-electron chi connectivity index (χ3n) is 5.46. The van der Waals surface area contributed by atoms with Crippen LogP contribution in [-0.4, -0.2) is 28.5 Å². The number of fused-ring (bicyclic) bond motifs is 2. The van der Waals surface area contributed by atoms with E-state index in [0.717, 1.165) is 31.6 Å². The van der Waals surface area contributed by atoms with Gasteiger partial charge in [0.15, 0.2) is 12.7 Å². The van der Waals surface area contributed by atoms with Crippen molar-refractivity contribution in [1.29, 1.82) is 0 Å². The Morgan fingerprint density at radius 3 is 2.68 bits per heavy atom. The number of allylic oxidation sites excluding steroid dienone is 1. The maximum absolute atomic E-state index is 12.6. The molecular weight excluding hydrogens is 370 g/mol. The zero-order valence-electron chi connectivity index (χ0n) is 16.5. The lowest BCUT2D eigenvalue weighted by molar-refractivity contribution is -0.689. The second-order valence-corrected chi connectivity index (χ2v) is 6.99. The van der Waals surface area contributed by atoms with Gasteiger partial charge in [0, 0.05) is 59.9 Å². The van der Waals surface area contributed by atoms with Gasteiger partial charge >= 0.3 is 0 Å². The van der Waals surface area contributed by atoms with Gasteiger partial charge in [0.2, 0.25) is 11.6 Å². The predicted octanol–water partition coefficient (Wildman–Crippen LogP) is 4.16. The molecule has 1 aliphatic heterocycles. The van der Waals surface area contributed by atoms with Crippen LogP contribution in [0.4, 0.5) is 0 Å². The average molecular weight is 397 g/mol. The van der Waals surface area contributed by atoms with Crippen LogP contribution < -0.4 is 4.57 Å². The molecule has 0 N–H and O–H groups in total. The Bertz CT molecular complexity index is 1020. The Hall–Kier alpha value is -2.59. The fraction of sp³-hybridized carbons (Fsp3) is 0.304. The number of benzene rings is 1. The summed E-state index contributed by atoms with van der Waals surface area (Å²) in [6.45, 7) is 6.97. The summed E-state index contributed by atoms with van der Waals surface area (Å²) in [5, 5.41) is 1.20. The van der Waals surface area contributed by atoms with Gasteiger partial charge in [0.25, 0.3) is 0 Å². The Labute approximate surface area is 172 Å². The number of carbonyl (C=O) groups excluding carboxylic acids is 1. The predicted molar refractivity (Wildman–Crippen MR) is 116 cm³/mol. The lowest BCUT2D eigenvalue weighted by Crippen LogP contribution is -2.33. The number of pyridine rings is 1. The van der Waals surface area contributed by atoms with Crippen LogP contribution >= 0.6 is 12.4 Å². The molecule has 0 atom stereocenters. The Morgan fingerprint density at radius 2 is 1.89 bits per heavy atom. The van der Waals surface area contributed by atoms with Crippen molar-refractivity contribution in [2.24, 2.45) is 0 Å². The van der Waals surface area contributed by atoms with E-state index in [0.29, 0.717) is 6.54 Å². The van der Waals surface area contributed by atoms with Crippen molar-refractivity contribution in [3.63, 3.8) is 0 Å². The van der Waals surface area contributed by atoms with Crippen LogP contribution in [0.2, 0.25) is 0 Å². The summed E-state index contributed by atoms with van der Waals surface area (Å²) in [4.78, 5) is 14.5. The summed E-state index contributed by atoms with van der Waals surface area (Å²) in [7, 11) is 0. The minimum absolute atomic E-state index is 0. The Balaban J connectivity index is 0.00000225. The zero-order valence-corrected chi connectivity index (χ0v) is 17.3. The van der Waals surface area contributed by atoms with Crippen LogP contribution in [0.3, 0.4) is 0 Å². The largest absolute Gasteiger partial charge is 0.342 e. The molecule has 1 aromatic carbocycles. The molecule has 0 unspecified atom stereocenters. The van der Waals surface area contributed by atoms with Crippen molar-refractivity contribution in [1.82, 2.24) is 9.47 Å². The van der Waals surface area contributed by atoms with Crippen molar-refractivity contribution in [2.75, 3.05) is 13.1 Å². The first-order chi connectivity index (χ1) is 13.2. The van der Waals surface area contributed by atoms with Crippen LogP contribution in [0.5, 0.6) is 0 Å². The fourth-order valence-corrected chi connectivity index (χ4v) is 4.01. The van der Waals surface area contributed by atoms with Gasteiger partial charge in [-0.05, 0) is 32.1 Å². The number of carbonyl (C=O) groups is 1. The first kappa shape index (κ1) is 20.2. The van der Waals surface area contributed by atoms with Crippen molar-refractivity contribution < 1.29 is 9.36 Å². The second kappa shape index (κ2) is 8.61. The molecule has 1 amide bonds. The van der Waals surface area contributed by atoms with Crippen LogP contribution in [0.15, 0.2) is 54.9 Å². The third kappa shape index (κ3) is 3.69. The normalized spacial score (nSPS) is 14.1. The fourth-order valence-electron chi connectivity index (χ4n) is 4.01. The van der Waals surface area contributed by atoms with Gasteiger partial charge in [0.1, 0.15) is 6.54 Å². The number of para-hydroxylation sites is 1. The molecule has 1 aliphatic rings. The minimum Gasteiger partial charge on any atom is -0.342 e. The van der Waals surface area contributed by atoms with Gasteiger partial charge < -0.3 is 9.47 Å². The van der Waals surface area contributed by atoms with E-state index in [4.69, 9.17) is 0 Å². The van der Waals surface area contributed by atoms with Crippen molar-refractivity contribution in [2.45, 2.75) is 33.4 Å². The van der Waals surface area contributed by atoms with Gasteiger partial charge in [-0.25, -0.2) is 0 Å². The van der Waals surface area contributed by atoms with E-state index in [1.807, 2.05) is 24.8 Å². The number of nitrogens with zero attached hydrogens (tertiary/aromatic N) is 3. The van der Waals surface area contributed by atoms with E-state index in [9.17, 15) is 4.79 Å². The van der Waals surface area contributed by atoms with Gasteiger partial charge in [-0.2, -0.15) is 4.57 Å². The Kier molecular flexibility index (Phi) is 6.20. The highest BCUT2D eigenvalue weighted by molar-refractivity contribution is 5.95. The molecule has 4 nitrogen and oxygen atoms in total. The minimum atomic E-state index is 0. The molecule has 5 heteroatoms. The second-order valence-electron chi connectivity index (χ2n) is 6.99. The topological polar surface area (TPSA) is 29.1 Å². The summed E-state index contributed by atoms with van der Waals surface area (Å²) in [5.41, 5.74) is 4.94. The first-order valence-electron chi connectivity index (χ1n) is 9.76. The third-order valence-corrected chi connectivity index (χ3v) is 5.46. The highest BCUT2D eigenvalue weighted by atomic mass is 35.5. The molecule has 4 rings (SSSR count). The molecule has 0 spiro atoms. The van der Waals surface area contributed by atoms with Crippen molar-refractivity contribution in [3.05, 3.63) is 66.1 Å². The number of amides is 1. The molecule has 0 bridgehead atoms. The maximum Gasteiger partial charge on any atom is 0.242 e. The van der Waals surface area contributed by atoms with Crippen molar-refractivity contribution >= 4 is 40.9 Å². The number of halogens is 1. The first-order valence-corrected chi connectivity index (χ1v) is 9.76. The quantitative estimate of drug-likeness (QED) is 0.595. The molecule has 146 valence electrons. The van der Waals surface area contributed by atoms with Gasteiger partial charge in [-0.3, -0.25) is 4.79 Å². The summed E-state index contributed by atoms with van der Waals surface area (Å²) in [5.74, 6) is 0.168. The van der Waals surface area contributed by atoms with Crippen LogP contribution in [0.25, 0.3) is 22.6 Å². The molecule has 0 saturated carbocycles. The molecule has 0 fully saturated rings. The highest BCUT2D eigenvalue weighted by Gasteiger charge is 2.23. The number of hydrogen-bond donors (Lipinski definition) is 0. The van der Waals surface area contributed by atoms with Gasteiger partial charge in [0.05, 0.1) is 0 Å². The summed E-state index contributed by atoms with van der Waals surface area (Å²) < 4.78 is 4.39. The summed E-state index contributed by atoms with van der Waals surface area (Å²) in [6.07, 6.45) is 7.61. The summed E-state index contributed by atoms with van der Waals surface area (Å²) >= 11 is 0. The molecule has 3 aromatic rings. The van der Waals surface area contributed by atoms with E-state index in [1.54, 1.807) is 0 Å². The smallest absolute Gasteiger partial charge is 0.242 e. The van der Waals surface area contributed by atoms with Gasteiger partial charge in [-0.1, -0.05) is 18.2 Å². The summed E-state index contributed by atoms with van der Waals surface area (Å²) in [6, 6.07) is 14.7. The lowest BCUT2D eigenvalue weighted by atomic mass is 10.1. The Morgan fingerprint density at radius 1 is 1.14 bits per heavy atom. The molecular formula is C23H27ClN3O+. The number of aromatic nitrogens is 2. The lowest BCUT2D eigenvalue weighted by Gasteiger charge is -2.19. The van der Waals surface area contributed by atoms with Crippen LogP contribution in [0.1, 0.15) is 31.5 Å². The zero-order chi connectivity index (χ0) is 18.8. The molecule has 0 radical (unpaired) electrons. The number of aryl methyl sites for hydroxylation is 1. The van der Waals surface area contributed by atoms with E-state index in [-0.39, 0.29) is 18.3 Å². The van der Waals surface area contributed by atoms with E-state index in [2.05, 4.69) is 64.0 Å². The average Bonchev–Trinajstić information content (AvgIpc) is 3.26. The van der Waals surface area contributed by atoms with E-state index < -0.39 is 0 Å². The molecule has 0 aliphatic carbocycles. The molecule has 2 aromatic heterocycles. The number of rotatable bonds is 5. The standard InChI is InChI=1S/C23H26N3O.ClH/c1-3-24(4-2)23(27)17-26-16-19(20-9-5-6-11-22(20)26)15-18-12-14-25-13-8-7-10-21(18)25;/h5-11,13,15-16H,3-4,12,14,17H2,1-2H3;1H/q+1;. The van der Waals surface area contributed by atoms with E-state index in [1.165, 1.54) is 22.2 Å². The molecule has 3 heterocycles. The molecule has 0 saturated heterocycles. The number of hydrogen-bond acceptors (Lipinski definition) is 1. The van der Waals surface area contributed by atoms with Crippen LogP contribution in [0, 0.1) is 0 Å². The van der Waals surface area contributed by atoms with E-state index >= 15 is 0 Å². The monoisotopic (exact) mass is 396 g/mol. The van der Waals surface area contributed by atoms with Crippen molar-refractivity contribution in [3.8, 4) is 0 Å². The maximum atomic E-state index is 12.6. The van der Waals surface area contributed by atoms with Gasteiger partial charge in [-0.15, -0.1) is 12.4 Å². The number of likely N-dealkylation sites (N-methyl/N-ethyl adjacent to an activating group) is 1. The highest BCUT2D eigenvalue weighted by Crippen LogP contribution is 2.28.